The van der Waals surface area contributed by atoms with E-state index in [1.54, 1.807) is 6.07 Å². The minimum Gasteiger partial charge on any atom is -0.501 e. The van der Waals surface area contributed by atoms with Crippen LogP contribution in [0.1, 0.15) is 53.3 Å². The summed E-state index contributed by atoms with van der Waals surface area (Å²) in [6, 6.07) is 49.2. The van der Waals surface area contributed by atoms with Crippen LogP contribution in [-0.4, -0.2) is 18.0 Å². The molecule has 1 fully saturated rings. The second-order valence-corrected chi connectivity index (χ2v) is 20.4. The largest absolute Gasteiger partial charge is 0.501 e. The fourth-order valence-electron chi connectivity index (χ4n) is 7.51. The van der Waals surface area contributed by atoms with Crippen LogP contribution in [0.25, 0.3) is 66.7 Å². The molecule has 3 heterocycles. The molecule has 55 heavy (non-hydrogen) atoms. The molecule has 3 nitrogen and oxygen atoms in total. The number of furan rings is 1. The van der Waals surface area contributed by atoms with Gasteiger partial charge in [0.1, 0.15) is 5.58 Å². The number of aromatic nitrogens is 2. The Balaban J connectivity index is 0.000000177. The number of pyridine rings is 2. The molecule has 0 bridgehead atoms. The summed E-state index contributed by atoms with van der Waals surface area (Å²) >= 11 is 0. The Kier molecular flexibility index (Phi) is 10.6. The number of benzene rings is 5. The summed E-state index contributed by atoms with van der Waals surface area (Å²) in [6.45, 7) is 4.67. The maximum Gasteiger partial charge on any atom is 0.121 e. The van der Waals surface area contributed by atoms with Crippen molar-refractivity contribution >= 4 is 35.2 Å². The Hall–Kier alpha value is -4.93. The molecular formula is C50H46IrN2OSi-2. The third-order valence-corrected chi connectivity index (χ3v) is 12.6. The third kappa shape index (κ3) is 8.50. The second-order valence-electron chi connectivity index (χ2n) is 15.3. The summed E-state index contributed by atoms with van der Waals surface area (Å²) in [5.41, 5.74) is 10.9. The molecule has 1 aliphatic rings. The molecule has 9 rings (SSSR count). The van der Waals surface area contributed by atoms with Gasteiger partial charge in [-0.05, 0) is 64.2 Å². The van der Waals surface area contributed by atoms with Gasteiger partial charge in [-0.15, -0.1) is 47.5 Å². The first kappa shape index (κ1) is 34.5. The van der Waals surface area contributed by atoms with E-state index in [-0.39, 0.29) is 20.1 Å². The molecule has 0 amide bonds. The maximum atomic E-state index is 7.84. The maximum absolute atomic E-state index is 7.84. The molecule has 277 valence electrons. The van der Waals surface area contributed by atoms with Gasteiger partial charge in [-0.25, -0.2) is 0 Å². The van der Waals surface area contributed by atoms with E-state index in [0.717, 1.165) is 55.6 Å². The van der Waals surface area contributed by atoms with E-state index >= 15 is 0 Å². The molecule has 8 aromatic rings. The van der Waals surface area contributed by atoms with E-state index < -0.39 is 14.9 Å². The van der Waals surface area contributed by atoms with Crippen molar-refractivity contribution in [1.82, 2.24) is 9.97 Å². The number of hydrogen-bond donors (Lipinski definition) is 0. The van der Waals surface area contributed by atoms with Gasteiger partial charge in [-0.3, -0.25) is 0 Å². The Morgan fingerprint density at radius 3 is 2.18 bits per heavy atom. The summed E-state index contributed by atoms with van der Waals surface area (Å²) < 4.78 is 29.9. The predicted molar refractivity (Wildman–Crippen MR) is 229 cm³/mol. The van der Waals surface area contributed by atoms with Gasteiger partial charge in [0.15, 0.2) is 0 Å². The predicted octanol–water partition coefficient (Wildman–Crippen LogP) is 13.2. The molecule has 5 heteroatoms. The van der Waals surface area contributed by atoms with E-state index in [1.165, 1.54) is 48.4 Å². The van der Waals surface area contributed by atoms with Crippen molar-refractivity contribution in [3.8, 4) is 44.8 Å². The van der Waals surface area contributed by atoms with Crippen LogP contribution in [-0.2, 0) is 20.1 Å². The molecule has 1 saturated carbocycles. The van der Waals surface area contributed by atoms with Gasteiger partial charge in [-0.2, -0.15) is 0 Å². The van der Waals surface area contributed by atoms with Crippen LogP contribution in [0.3, 0.4) is 0 Å². The SMILES string of the molecule is [2H]C([2H])([2H])c1c[c-]c(-c2ccc([Si](C)(C)C)cn2)cc1-c1ccccc1.[Ir].[c-]1ccc2c(oc3cc(-c4ccccc4)ccc32)c1-c1cc(C2CCCCC2)ccn1. The molecule has 3 aromatic heterocycles. The van der Waals surface area contributed by atoms with E-state index in [0.29, 0.717) is 17.0 Å². The van der Waals surface area contributed by atoms with Crippen LogP contribution >= 0.6 is 0 Å². The molecule has 0 unspecified atom stereocenters. The zero-order valence-corrected chi connectivity index (χ0v) is 34.9. The summed E-state index contributed by atoms with van der Waals surface area (Å²) in [4.78, 5) is 9.30. The molecule has 0 atom stereocenters. The summed E-state index contributed by atoms with van der Waals surface area (Å²) in [6.07, 6.45) is 10.5. The first-order chi connectivity index (χ1) is 27.5. The molecule has 0 N–H and O–H groups in total. The van der Waals surface area contributed by atoms with Crippen LogP contribution in [0, 0.1) is 19.0 Å². The van der Waals surface area contributed by atoms with Gasteiger partial charge in [0.25, 0.3) is 0 Å². The smallest absolute Gasteiger partial charge is 0.121 e. The van der Waals surface area contributed by atoms with Gasteiger partial charge in [0.05, 0.1) is 13.7 Å². The molecule has 0 saturated heterocycles. The van der Waals surface area contributed by atoms with Crippen LogP contribution < -0.4 is 5.19 Å². The number of aryl methyl sites for hydroxylation is 1. The summed E-state index contributed by atoms with van der Waals surface area (Å²) in [7, 11) is -1.40. The van der Waals surface area contributed by atoms with E-state index in [2.05, 4.69) is 103 Å². The van der Waals surface area contributed by atoms with Crippen LogP contribution in [0.4, 0.5) is 0 Å². The Labute approximate surface area is 344 Å². The van der Waals surface area contributed by atoms with E-state index in [9.17, 15) is 0 Å². The number of hydrogen-bond acceptors (Lipinski definition) is 3. The monoisotopic (exact) mass is 914 g/mol. The first-order valence-electron chi connectivity index (χ1n) is 20.5. The third-order valence-electron chi connectivity index (χ3n) is 10.6. The number of nitrogens with zero attached hydrogens (tertiary/aromatic N) is 2. The summed E-state index contributed by atoms with van der Waals surface area (Å²) in [5.74, 6) is 0.652. The van der Waals surface area contributed by atoms with Crippen molar-refractivity contribution in [3.63, 3.8) is 0 Å². The zero-order valence-electron chi connectivity index (χ0n) is 34.5. The van der Waals surface area contributed by atoms with Crippen LogP contribution in [0.5, 0.6) is 0 Å². The average Bonchev–Trinajstić information content (AvgIpc) is 3.62. The fourth-order valence-corrected chi connectivity index (χ4v) is 8.54. The minimum atomic E-state index is -2.19. The Bertz CT molecular complexity index is 2630. The molecular weight excluding hydrogens is 865 g/mol. The van der Waals surface area contributed by atoms with E-state index in [4.69, 9.17) is 13.5 Å². The van der Waals surface area contributed by atoms with Gasteiger partial charge in [-0.1, -0.05) is 159 Å². The Morgan fingerprint density at radius 2 is 1.47 bits per heavy atom. The molecule has 5 aromatic carbocycles. The quantitative estimate of drug-likeness (QED) is 0.123. The standard InChI is InChI=1S/C29H24NO.C21H22NSi.Ir/c1-3-8-20(9-4-1)22-14-15-24-25-12-7-13-26(29(25)31-28(24)19-22)27-18-23(16-17-30-27)21-10-5-2-6-11-21;1-16-10-11-18(14-20(16)17-8-6-5-7-9-17)21-13-12-19(15-22-21)23(2,3)4;/h1,3-4,7-9,12,14-19,21H,2,5-6,10-11H2;5-10,12-15H,1-4H3;/q2*-1;/i;1D3;. The van der Waals surface area contributed by atoms with Crippen molar-refractivity contribution in [2.75, 3.05) is 0 Å². The number of fused-ring (bicyclic) bond motifs is 3. The van der Waals surface area contributed by atoms with Gasteiger partial charge < -0.3 is 14.4 Å². The second kappa shape index (κ2) is 16.8. The van der Waals surface area contributed by atoms with Crippen molar-refractivity contribution < 1.29 is 28.6 Å². The van der Waals surface area contributed by atoms with Gasteiger partial charge >= 0.3 is 0 Å². The fraction of sp³-hybridized carbons (Fsp3) is 0.200. The van der Waals surface area contributed by atoms with Crippen LogP contribution in [0.15, 0.2) is 144 Å². The average molecular weight is 914 g/mol. The first-order valence-corrected chi connectivity index (χ1v) is 22.5. The van der Waals surface area contributed by atoms with E-state index in [1.807, 2.05) is 67.0 Å². The van der Waals surface area contributed by atoms with Crippen molar-refractivity contribution in [2.45, 2.75) is 64.5 Å². The zero-order chi connectivity index (χ0) is 39.6. The number of rotatable bonds is 6. The molecule has 1 radical (unpaired) electrons. The minimum absolute atomic E-state index is 0. The molecule has 0 aliphatic heterocycles. The molecule has 1 aliphatic carbocycles. The normalized spacial score (nSPS) is 14.3. The topological polar surface area (TPSA) is 38.9 Å². The summed E-state index contributed by atoms with van der Waals surface area (Å²) in [5, 5.41) is 3.55. The van der Waals surface area contributed by atoms with Crippen LogP contribution in [0.2, 0.25) is 19.6 Å². The Morgan fingerprint density at radius 1 is 0.709 bits per heavy atom. The molecule has 0 spiro atoms. The van der Waals surface area contributed by atoms with Gasteiger partial charge in [0, 0.05) is 42.0 Å². The van der Waals surface area contributed by atoms with Crippen molar-refractivity contribution in [3.05, 3.63) is 163 Å². The van der Waals surface area contributed by atoms with Crippen molar-refractivity contribution in [1.29, 1.82) is 0 Å². The van der Waals surface area contributed by atoms with Crippen molar-refractivity contribution in [2.24, 2.45) is 0 Å². The van der Waals surface area contributed by atoms with Gasteiger partial charge in [0.2, 0.25) is 0 Å².